The van der Waals surface area contributed by atoms with Gasteiger partial charge in [-0.1, -0.05) is 25.8 Å². The average molecular weight is 350 g/mol. The molecule has 1 fully saturated rings. The van der Waals surface area contributed by atoms with E-state index in [0.717, 1.165) is 37.1 Å². The zero-order valence-corrected chi connectivity index (χ0v) is 15.5. The first kappa shape index (κ1) is 19.5. The molecule has 0 bridgehead atoms. The fraction of sp³-hybridized carbons (Fsp3) is 0.632. The van der Waals surface area contributed by atoms with E-state index in [-0.39, 0.29) is 11.9 Å². The maximum Gasteiger partial charge on any atom is 0.250 e. The van der Waals surface area contributed by atoms with E-state index in [2.05, 4.69) is 17.6 Å². The molecule has 1 amide bonds. The van der Waals surface area contributed by atoms with Gasteiger partial charge in [-0.3, -0.25) is 4.79 Å². The zero-order valence-electron chi connectivity index (χ0n) is 15.5. The largest absolute Gasteiger partial charge is 0.493 e. The molecule has 1 aromatic carbocycles. The Morgan fingerprint density at radius 3 is 2.92 bits per heavy atom. The number of hydrogen-bond acceptors (Lipinski definition) is 5. The molecule has 2 atom stereocenters. The van der Waals surface area contributed by atoms with Gasteiger partial charge >= 0.3 is 0 Å². The van der Waals surface area contributed by atoms with Crippen molar-refractivity contribution in [2.75, 3.05) is 33.4 Å². The van der Waals surface area contributed by atoms with Crippen molar-refractivity contribution < 1.29 is 19.0 Å². The van der Waals surface area contributed by atoms with Crippen LogP contribution in [0.3, 0.4) is 0 Å². The van der Waals surface area contributed by atoms with Gasteiger partial charge in [-0.05, 0) is 31.0 Å². The number of rotatable bonds is 9. The van der Waals surface area contributed by atoms with Gasteiger partial charge < -0.3 is 24.8 Å². The molecule has 140 valence electrons. The van der Waals surface area contributed by atoms with Crippen LogP contribution >= 0.6 is 0 Å². The van der Waals surface area contributed by atoms with Gasteiger partial charge in [-0.15, -0.1) is 0 Å². The highest BCUT2D eigenvalue weighted by Crippen LogP contribution is 2.30. The molecule has 0 aromatic heterocycles. The van der Waals surface area contributed by atoms with Gasteiger partial charge in [0.1, 0.15) is 6.10 Å². The standard InChI is InChI=1S/C19H30N2O4/c1-4-5-6-10-24-16-8-7-15(12-17(16)23-3)14(2)21-19(22)18-13-20-9-11-25-18/h7-8,12,14,18,20H,4-6,9-11,13H2,1-3H3,(H,21,22). The lowest BCUT2D eigenvalue weighted by Gasteiger charge is -2.25. The van der Waals surface area contributed by atoms with Crippen LogP contribution in [0.4, 0.5) is 0 Å². The molecular formula is C19H30N2O4. The molecule has 2 unspecified atom stereocenters. The van der Waals surface area contributed by atoms with E-state index >= 15 is 0 Å². The van der Waals surface area contributed by atoms with Crippen LogP contribution in [0.1, 0.15) is 44.7 Å². The first-order valence-corrected chi connectivity index (χ1v) is 9.09. The highest BCUT2D eigenvalue weighted by molar-refractivity contribution is 5.81. The summed E-state index contributed by atoms with van der Waals surface area (Å²) in [6, 6.07) is 5.64. The van der Waals surface area contributed by atoms with Crippen LogP contribution in [0.5, 0.6) is 11.5 Å². The summed E-state index contributed by atoms with van der Waals surface area (Å²) >= 11 is 0. The molecule has 0 saturated carbocycles. The van der Waals surface area contributed by atoms with E-state index in [1.807, 2.05) is 25.1 Å². The molecule has 25 heavy (non-hydrogen) atoms. The van der Waals surface area contributed by atoms with E-state index in [9.17, 15) is 4.79 Å². The van der Waals surface area contributed by atoms with Crippen molar-refractivity contribution >= 4 is 5.91 Å². The molecule has 1 aliphatic heterocycles. The van der Waals surface area contributed by atoms with Crippen molar-refractivity contribution in [3.8, 4) is 11.5 Å². The smallest absolute Gasteiger partial charge is 0.250 e. The number of ether oxygens (including phenoxy) is 3. The normalized spacial score (nSPS) is 18.4. The predicted octanol–water partition coefficient (Wildman–Crippen LogP) is 2.43. The van der Waals surface area contributed by atoms with Crippen molar-refractivity contribution in [3.05, 3.63) is 23.8 Å². The number of hydrogen-bond donors (Lipinski definition) is 2. The number of benzene rings is 1. The third-order valence-electron chi connectivity index (χ3n) is 4.27. The molecular weight excluding hydrogens is 320 g/mol. The summed E-state index contributed by atoms with van der Waals surface area (Å²) in [7, 11) is 1.63. The fourth-order valence-corrected chi connectivity index (χ4v) is 2.73. The van der Waals surface area contributed by atoms with Crippen molar-refractivity contribution in [1.82, 2.24) is 10.6 Å². The summed E-state index contributed by atoms with van der Waals surface area (Å²) in [5.41, 5.74) is 0.967. The minimum atomic E-state index is -0.431. The molecule has 6 nitrogen and oxygen atoms in total. The Labute approximate surface area is 150 Å². The van der Waals surface area contributed by atoms with Crippen LogP contribution in [0.2, 0.25) is 0 Å². The molecule has 2 rings (SSSR count). The number of morpholine rings is 1. The van der Waals surface area contributed by atoms with Crippen LogP contribution in [-0.4, -0.2) is 45.4 Å². The minimum Gasteiger partial charge on any atom is -0.493 e. The maximum absolute atomic E-state index is 12.3. The molecule has 1 aliphatic rings. The van der Waals surface area contributed by atoms with Gasteiger partial charge in [-0.2, -0.15) is 0 Å². The average Bonchev–Trinajstić information content (AvgIpc) is 2.65. The van der Waals surface area contributed by atoms with Crippen LogP contribution in [0.15, 0.2) is 18.2 Å². The Balaban J connectivity index is 1.94. The molecule has 2 N–H and O–H groups in total. The number of amides is 1. The van der Waals surface area contributed by atoms with Gasteiger partial charge in [0.05, 0.1) is 26.4 Å². The van der Waals surface area contributed by atoms with E-state index in [4.69, 9.17) is 14.2 Å². The SMILES string of the molecule is CCCCCOc1ccc(C(C)NC(=O)C2CNCCO2)cc1OC. The van der Waals surface area contributed by atoms with E-state index in [1.54, 1.807) is 7.11 Å². The lowest BCUT2D eigenvalue weighted by Crippen LogP contribution is -2.48. The van der Waals surface area contributed by atoms with Crippen molar-refractivity contribution in [3.63, 3.8) is 0 Å². The molecule has 0 radical (unpaired) electrons. The summed E-state index contributed by atoms with van der Waals surface area (Å²) in [6.45, 7) is 6.69. The lowest BCUT2D eigenvalue weighted by atomic mass is 10.1. The monoisotopic (exact) mass is 350 g/mol. The third-order valence-corrected chi connectivity index (χ3v) is 4.27. The van der Waals surface area contributed by atoms with Gasteiger partial charge in [0.25, 0.3) is 5.91 Å². The predicted molar refractivity (Wildman–Crippen MR) is 97.2 cm³/mol. The second-order valence-corrected chi connectivity index (χ2v) is 6.26. The Kier molecular flexibility index (Phi) is 8.01. The van der Waals surface area contributed by atoms with E-state index in [0.29, 0.717) is 25.5 Å². The first-order chi connectivity index (χ1) is 12.2. The molecule has 6 heteroatoms. The number of carbonyl (C=O) groups is 1. The molecule has 1 heterocycles. The summed E-state index contributed by atoms with van der Waals surface area (Å²) in [4.78, 5) is 12.3. The summed E-state index contributed by atoms with van der Waals surface area (Å²) < 4.78 is 16.7. The summed E-state index contributed by atoms with van der Waals surface area (Å²) in [5, 5.41) is 6.16. The molecule has 1 saturated heterocycles. The first-order valence-electron chi connectivity index (χ1n) is 9.09. The number of nitrogens with one attached hydrogen (secondary N) is 2. The topological polar surface area (TPSA) is 68.8 Å². The number of methoxy groups -OCH3 is 1. The fourth-order valence-electron chi connectivity index (χ4n) is 2.73. The quantitative estimate of drug-likeness (QED) is 0.670. The zero-order chi connectivity index (χ0) is 18.1. The summed E-state index contributed by atoms with van der Waals surface area (Å²) in [6.07, 6.45) is 2.92. The Hall–Kier alpha value is -1.79. The van der Waals surface area contributed by atoms with Crippen LogP contribution in [0, 0.1) is 0 Å². The maximum atomic E-state index is 12.3. The lowest BCUT2D eigenvalue weighted by molar-refractivity contribution is -0.134. The Morgan fingerprint density at radius 2 is 2.24 bits per heavy atom. The highest BCUT2D eigenvalue weighted by Gasteiger charge is 2.23. The molecule has 0 spiro atoms. The van der Waals surface area contributed by atoms with Crippen LogP contribution < -0.4 is 20.1 Å². The highest BCUT2D eigenvalue weighted by atomic mass is 16.5. The van der Waals surface area contributed by atoms with Gasteiger partial charge in [0.2, 0.25) is 0 Å². The van der Waals surface area contributed by atoms with E-state index < -0.39 is 6.10 Å². The third kappa shape index (κ3) is 5.90. The second-order valence-electron chi connectivity index (χ2n) is 6.26. The van der Waals surface area contributed by atoms with Crippen LogP contribution in [-0.2, 0) is 9.53 Å². The van der Waals surface area contributed by atoms with Crippen molar-refractivity contribution in [2.24, 2.45) is 0 Å². The molecule has 1 aromatic rings. The van der Waals surface area contributed by atoms with Crippen molar-refractivity contribution in [2.45, 2.75) is 45.3 Å². The Morgan fingerprint density at radius 1 is 1.40 bits per heavy atom. The molecule has 0 aliphatic carbocycles. The minimum absolute atomic E-state index is 0.0986. The Bertz CT molecular complexity index is 544. The number of carbonyl (C=O) groups excluding carboxylic acids is 1. The van der Waals surface area contributed by atoms with Crippen molar-refractivity contribution in [1.29, 1.82) is 0 Å². The van der Waals surface area contributed by atoms with Crippen LogP contribution in [0.25, 0.3) is 0 Å². The number of unbranched alkanes of at least 4 members (excludes halogenated alkanes) is 2. The second kappa shape index (κ2) is 10.3. The van der Waals surface area contributed by atoms with Gasteiger partial charge in [0, 0.05) is 13.1 Å². The van der Waals surface area contributed by atoms with Gasteiger partial charge in [-0.25, -0.2) is 0 Å². The summed E-state index contributed by atoms with van der Waals surface area (Å²) in [5.74, 6) is 1.32. The van der Waals surface area contributed by atoms with Gasteiger partial charge in [0.15, 0.2) is 11.5 Å². The van der Waals surface area contributed by atoms with E-state index in [1.165, 1.54) is 0 Å².